The van der Waals surface area contributed by atoms with Gasteiger partial charge in [0.05, 0.1) is 5.69 Å². The Morgan fingerprint density at radius 1 is 1.10 bits per heavy atom. The Hall–Kier alpha value is -1.98. The highest BCUT2D eigenvalue weighted by Gasteiger charge is 2.19. The molecular formula is C15H16F3N3. The second kappa shape index (κ2) is 5.79. The van der Waals surface area contributed by atoms with Crippen molar-refractivity contribution in [2.45, 2.75) is 38.1 Å². The predicted molar refractivity (Wildman–Crippen MR) is 73.9 cm³/mol. The van der Waals surface area contributed by atoms with E-state index in [9.17, 15) is 13.2 Å². The van der Waals surface area contributed by atoms with Crippen molar-refractivity contribution >= 4 is 11.6 Å². The fourth-order valence-electron chi connectivity index (χ4n) is 2.83. The third kappa shape index (κ3) is 2.89. The third-order valence-corrected chi connectivity index (χ3v) is 3.88. The lowest BCUT2D eigenvalue weighted by Crippen LogP contribution is -2.14. The maximum absolute atomic E-state index is 13.7. The van der Waals surface area contributed by atoms with Crippen molar-refractivity contribution in [3.05, 3.63) is 42.0 Å². The number of aromatic nitrogens is 2. The first-order valence-electron chi connectivity index (χ1n) is 7.09. The summed E-state index contributed by atoms with van der Waals surface area (Å²) < 4.78 is 42.1. The van der Waals surface area contributed by atoms with Gasteiger partial charge in [0, 0.05) is 30.6 Å². The first-order chi connectivity index (χ1) is 10.1. The van der Waals surface area contributed by atoms with Crippen LogP contribution in [0.2, 0.25) is 0 Å². The molecule has 1 aromatic carbocycles. The van der Waals surface area contributed by atoms with Gasteiger partial charge in [-0.05, 0) is 12.8 Å². The molecule has 3 nitrogen and oxygen atoms in total. The summed E-state index contributed by atoms with van der Waals surface area (Å²) in [5.74, 6) is -2.74. The molecule has 2 aromatic rings. The fraction of sp³-hybridized carbons (Fsp3) is 0.400. The maximum atomic E-state index is 13.7. The highest BCUT2D eigenvalue weighted by Crippen LogP contribution is 2.31. The third-order valence-electron chi connectivity index (χ3n) is 3.88. The van der Waals surface area contributed by atoms with Gasteiger partial charge in [-0.15, -0.1) is 0 Å². The molecule has 1 N–H and O–H groups in total. The maximum Gasteiger partial charge on any atom is 0.207 e. The molecule has 112 valence electrons. The van der Waals surface area contributed by atoms with Crippen molar-refractivity contribution < 1.29 is 13.2 Å². The van der Waals surface area contributed by atoms with Gasteiger partial charge in [0.25, 0.3) is 0 Å². The summed E-state index contributed by atoms with van der Waals surface area (Å²) in [5, 5.41) is 2.70. The highest BCUT2D eigenvalue weighted by molar-refractivity contribution is 5.55. The molecule has 0 aliphatic heterocycles. The largest absolute Gasteiger partial charge is 0.323 e. The number of anilines is 2. The van der Waals surface area contributed by atoms with Crippen LogP contribution in [0.15, 0.2) is 24.5 Å². The quantitative estimate of drug-likeness (QED) is 0.842. The van der Waals surface area contributed by atoms with Crippen LogP contribution in [-0.2, 0) is 0 Å². The van der Waals surface area contributed by atoms with Gasteiger partial charge in [0.15, 0.2) is 11.6 Å². The molecule has 3 rings (SSSR count). The first kappa shape index (κ1) is 14.0. The van der Waals surface area contributed by atoms with E-state index < -0.39 is 17.5 Å². The summed E-state index contributed by atoms with van der Waals surface area (Å²) in [7, 11) is 0. The minimum atomic E-state index is -1.21. The molecule has 0 amide bonds. The molecule has 0 saturated heterocycles. The van der Waals surface area contributed by atoms with E-state index in [1.165, 1.54) is 6.42 Å². The van der Waals surface area contributed by atoms with Crippen molar-refractivity contribution in [1.82, 2.24) is 9.55 Å². The van der Waals surface area contributed by atoms with E-state index in [1.54, 1.807) is 6.20 Å². The van der Waals surface area contributed by atoms with E-state index in [0.717, 1.165) is 31.7 Å². The number of benzene rings is 1. The molecule has 0 atom stereocenters. The van der Waals surface area contributed by atoms with Gasteiger partial charge >= 0.3 is 0 Å². The van der Waals surface area contributed by atoms with Crippen LogP contribution in [0.5, 0.6) is 0 Å². The van der Waals surface area contributed by atoms with Crippen molar-refractivity contribution in [3.63, 3.8) is 0 Å². The number of halogens is 3. The van der Waals surface area contributed by atoms with Gasteiger partial charge in [0.1, 0.15) is 5.82 Å². The van der Waals surface area contributed by atoms with E-state index in [2.05, 4.69) is 10.3 Å². The monoisotopic (exact) mass is 295 g/mol. The van der Waals surface area contributed by atoms with Crippen LogP contribution >= 0.6 is 0 Å². The van der Waals surface area contributed by atoms with Crippen molar-refractivity contribution in [1.29, 1.82) is 0 Å². The standard InChI is InChI=1S/C15H16F3N3/c16-10-8-12(17)14(18)13(9-10)20-15-19-6-7-21(15)11-4-2-1-3-5-11/h6-9,11H,1-5H2,(H,19,20). The van der Waals surface area contributed by atoms with Crippen LogP contribution < -0.4 is 5.32 Å². The molecule has 1 saturated carbocycles. The Morgan fingerprint density at radius 3 is 2.62 bits per heavy atom. The molecule has 1 fully saturated rings. The molecule has 0 unspecified atom stereocenters. The number of nitrogens with zero attached hydrogens (tertiary/aromatic N) is 2. The summed E-state index contributed by atoms with van der Waals surface area (Å²) in [4.78, 5) is 4.13. The van der Waals surface area contributed by atoms with E-state index >= 15 is 0 Å². The zero-order valence-electron chi connectivity index (χ0n) is 11.5. The molecule has 6 heteroatoms. The lowest BCUT2D eigenvalue weighted by Gasteiger charge is -2.24. The summed E-state index contributed by atoms with van der Waals surface area (Å²) in [6.07, 6.45) is 8.99. The fourth-order valence-corrected chi connectivity index (χ4v) is 2.83. The van der Waals surface area contributed by atoms with E-state index in [-0.39, 0.29) is 5.69 Å². The average molecular weight is 295 g/mol. The number of imidazole rings is 1. The minimum absolute atomic E-state index is 0.240. The Morgan fingerprint density at radius 2 is 1.86 bits per heavy atom. The number of nitrogens with one attached hydrogen (secondary N) is 1. The Bertz CT molecular complexity index is 633. The second-order valence-corrected chi connectivity index (χ2v) is 5.32. The van der Waals surface area contributed by atoms with Gasteiger partial charge in [-0.25, -0.2) is 18.2 Å². The van der Waals surface area contributed by atoms with E-state index in [4.69, 9.17) is 0 Å². The molecule has 0 radical (unpaired) electrons. The summed E-state index contributed by atoms with van der Waals surface area (Å²) in [6.45, 7) is 0. The highest BCUT2D eigenvalue weighted by atomic mass is 19.2. The normalized spacial score (nSPS) is 16.1. The van der Waals surface area contributed by atoms with Crippen molar-refractivity contribution in [2.24, 2.45) is 0 Å². The molecular weight excluding hydrogens is 279 g/mol. The molecule has 0 bridgehead atoms. The Kier molecular flexibility index (Phi) is 3.86. The molecule has 21 heavy (non-hydrogen) atoms. The smallest absolute Gasteiger partial charge is 0.207 e. The zero-order chi connectivity index (χ0) is 14.8. The topological polar surface area (TPSA) is 29.9 Å². The first-order valence-corrected chi connectivity index (χ1v) is 7.09. The van der Waals surface area contributed by atoms with Crippen LogP contribution in [-0.4, -0.2) is 9.55 Å². The van der Waals surface area contributed by atoms with Crippen LogP contribution in [0.25, 0.3) is 0 Å². The number of hydrogen-bond acceptors (Lipinski definition) is 2. The zero-order valence-corrected chi connectivity index (χ0v) is 11.5. The van der Waals surface area contributed by atoms with Gasteiger partial charge in [-0.3, -0.25) is 0 Å². The number of rotatable bonds is 3. The van der Waals surface area contributed by atoms with Gasteiger partial charge in [-0.2, -0.15) is 0 Å². The van der Waals surface area contributed by atoms with Crippen LogP contribution in [0.3, 0.4) is 0 Å². The summed E-state index contributed by atoms with van der Waals surface area (Å²) >= 11 is 0. The van der Waals surface area contributed by atoms with Crippen LogP contribution in [0.1, 0.15) is 38.1 Å². The summed E-state index contributed by atoms with van der Waals surface area (Å²) in [5.41, 5.74) is -0.240. The van der Waals surface area contributed by atoms with Gasteiger partial charge in [-0.1, -0.05) is 19.3 Å². The Labute approximate surface area is 120 Å². The minimum Gasteiger partial charge on any atom is -0.323 e. The van der Waals surface area contributed by atoms with Crippen molar-refractivity contribution in [2.75, 3.05) is 5.32 Å². The van der Waals surface area contributed by atoms with Gasteiger partial charge in [0.2, 0.25) is 5.95 Å². The SMILES string of the molecule is Fc1cc(F)c(F)c(Nc2nccn2C2CCCCC2)c1. The second-order valence-electron chi connectivity index (χ2n) is 5.32. The van der Waals surface area contributed by atoms with E-state index in [1.807, 2.05) is 10.8 Å². The van der Waals surface area contributed by atoms with E-state index in [0.29, 0.717) is 18.1 Å². The molecule has 1 aromatic heterocycles. The average Bonchev–Trinajstić information content (AvgIpc) is 2.93. The lowest BCUT2D eigenvalue weighted by atomic mass is 9.95. The lowest BCUT2D eigenvalue weighted by molar-refractivity contribution is 0.356. The van der Waals surface area contributed by atoms with Crippen molar-refractivity contribution in [3.8, 4) is 0 Å². The molecule has 1 aliphatic rings. The Balaban J connectivity index is 1.87. The van der Waals surface area contributed by atoms with Crippen LogP contribution in [0.4, 0.5) is 24.8 Å². The molecule has 1 heterocycles. The summed E-state index contributed by atoms with van der Waals surface area (Å²) in [6, 6.07) is 1.75. The van der Waals surface area contributed by atoms with Gasteiger partial charge < -0.3 is 9.88 Å². The predicted octanol–water partition coefficient (Wildman–Crippen LogP) is 4.55. The number of hydrogen-bond donors (Lipinski definition) is 1. The molecule has 0 spiro atoms. The molecule has 1 aliphatic carbocycles. The van der Waals surface area contributed by atoms with Crippen LogP contribution in [0, 0.1) is 17.5 Å².